The molecule has 0 fully saturated rings. The van der Waals surface area contributed by atoms with Crippen LogP contribution in [0.3, 0.4) is 0 Å². The molecule has 26 heavy (non-hydrogen) atoms. The average Bonchev–Trinajstić information content (AvgIpc) is 2.68. The van der Waals surface area contributed by atoms with Crippen LogP contribution in [-0.2, 0) is 6.42 Å². The topological polar surface area (TPSA) is 56.3 Å². The summed E-state index contributed by atoms with van der Waals surface area (Å²) in [4.78, 5) is 9.03. The minimum absolute atomic E-state index is 0.731. The van der Waals surface area contributed by atoms with Gasteiger partial charge in [0.2, 0.25) is 0 Å². The average molecular weight is 349 g/mol. The third-order valence-corrected chi connectivity index (χ3v) is 4.06. The molecule has 1 heterocycles. The number of nitrogens with one attached hydrogen (secondary N) is 1. The van der Waals surface area contributed by atoms with Crippen molar-refractivity contribution in [3.05, 3.63) is 66.0 Å². The molecule has 0 saturated carbocycles. The van der Waals surface area contributed by atoms with Gasteiger partial charge in [-0.05, 0) is 43.2 Å². The second kappa shape index (κ2) is 8.34. The molecule has 5 heteroatoms. The van der Waals surface area contributed by atoms with E-state index in [0.717, 1.165) is 47.4 Å². The molecule has 3 aromatic rings. The summed E-state index contributed by atoms with van der Waals surface area (Å²) in [7, 11) is 3.34. The molecular weight excluding hydrogens is 326 g/mol. The van der Waals surface area contributed by atoms with Crippen molar-refractivity contribution in [1.29, 1.82) is 0 Å². The maximum atomic E-state index is 5.30. The molecule has 134 valence electrons. The van der Waals surface area contributed by atoms with E-state index in [9.17, 15) is 0 Å². The molecule has 0 amide bonds. The summed E-state index contributed by atoms with van der Waals surface area (Å²) < 4.78 is 10.6. The molecule has 5 nitrogen and oxygen atoms in total. The summed E-state index contributed by atoms with van der Waals surface area (Å²) in [6.45, 7) is 2.68. The molecule has 0 spiro atoms. The largest absolute Gasteiger partial charge is 0.497 e. The van der Waals surface area contributed by atoms with Crippen LogP contribution in [-0.4, -0.2) is 30.7 Å². The summed E-state index contributed by atoms with van der Waals surface area (Å²) in [6.07, 6.45) is 0.884. The summed E-state index contributed by atoms with van der Waals surface area (Å²) >= 11 is 0. The normalized spacial score (nSPS) is 10.4. The molecule has 1 aromatic heterocycles. The van der Waals surface area contributed by atoms with E-state index >= 15 is 0 Å². The lowest BCUT2D eigenvalue weighted by Crippen LogP contribution is -2.08. The Balaban J connectivity index is 1.71. The third-order valence-electron chi connectivity index (χ3n) is 4.06. The van der Waals surface area contributed by atoms with Gasteiger partial charge in [0, 0.05) is 18.2 Å². The van der Waals surface area contributed by atoms with Gasteiger partial charge in [0.05, 0.1) is 19.9 Å². The number of nitrogens with zero attached hydrogens (tertiary/aromatic N) is 2. The first-order valence-electron chi connectivity index (χ1n) is 8.55. The Morgan fingerprint density at radius 1 is 0.885 bits per heavy atom. The zero-order valence-electron chi connectivity index (χ0n) is 15.3. The molecule has 0 aliphatic heterocycles. The maximum absolute atomic E-state index is 5.30. The summed E-state index contributed by atoms with van der Waals surface area (Å²) in [5.41, 5.74) is 3.10. The van der Waals surface area contributed by atoms with E-state index in [1.54, 1.807) is 14.2 Å². The van der Waals surface area contributed by atoms with Gasteiger partial charge in [-0.2, -0.15) is 0 Å². The predicted octanol–water partition coefficient (Wildman–Crippen LogP) is 4.12. The van der Waals surface area contributed by atoms with Crippen LogP contribution in [0.2, 0.25) is 0 Å². The molecule has 3 rings (SSSR count). The van der Waals surface area contributed by atoms with Crippen LogP contribution in [0.4, 0.5) is 5.82 Å². The van der Waals surface area contributed by atoms with E-state index in [0.29, 0.717) is 0 Å². The number of ether oxygens (including phenoxy) is 2. The van der Waals surface area contributed by atoms with Crippen molar-refractivity contribution in [3.8, 4) is 22.8 Å². The lowest BCUT2D eigenvalue weighted by molar-refractivity contribution is 0.414. The highest BCUT2D eigenvalue weighted by Gasteiger charge is 2.06. The Bertz CT molecular complexity index is 881. The van der Waals surface area contributed by atoms with Crippen LogP contribution in [0.5, 0.6) is 11.5 Å². The monoisotopic (exact) mass is 349 g/mol. The molecule has 2 aromatic carbocycles. The second-order valence-electron chi connectivity index (χ2n) is 5.95. The van der Waals surface area contributed by atoms with Crippen molar-refractivity contribution >= 4 is 5.82 Å². The van der Waals surface area contributed by atoms with Gasteiger partial charge < -0.3 is 14.8 Å². The second-order valence-corrected chi connectivity index (χ2v) is 5.95. The van der Waals surface area contributed by atoms with Crippen LogP contribution in [0.25, 0.3) is 11.3 Å². The van der Waals surface area contributed by atoms with E-state index in [1.807, 2.05) is 49.4 Å². The zero-order chi connectivity index (χ0) is 18.4. The molecule has 0 unspecified atom stereocenters. The number of hydrogen-bond donors (Lipinski definition) is 1. The van der Waals surface area contributed by atoms with E-state index in [1.165, 1.54) is 5.56 Å². The van der Waals surface area contributed by atoms with Gasteiger partial charge >= 0.3 is 0 Å². The highest BCUT2D eigenvalue weighted by Crippen LogP contribution is 2.24. The standard InChI is InChI=1S/C21H23N3O2/c1-15-23-20(17-7-5-9-19(13-17)26-3)14-21(24-15)22-11-10-16-6-4-8-18(12-16)25-2/h4-9,12-14H,10-11H2,1-3H3,(H,22,23,24). The lowest BCUT2D eigenvalue weighted by Gasteiger charge is -2.10. The van der Waals surface area contributed by atoms with Crippen molar-refractivity contribution < 1.29 is 9.47 Å². The number of hydrogen-bond acceptors (Lipinski definition) is 5. The van der Waals surface area contributed by atoms with Crippen molar-refractivity contribution in [2.24, 2.45) is 0 Å². The van der Waals surface area contributed by atoms with E-state index in [-0.39, 0.29) is 0 Å². The van der Waals surface area contributed by atoms with Gasteiger partial charge in [-0.15, -0.1) is 0 Å². The van der Waals surface area contributed by atoms with Gasteiger partial charge in [0.25, 0.3) is 0 Å². The number of anilines is 1. The Hall–Kier alpha value is -3.08. The fraction of sp³-hybridized carbons (Fsp3) is 0.238. The minimum atomic E-state index is 0.731. The van der Waals surface area contributed by atoms with Crippen LogP contribution in [0, 0.1) is 6.92 Å². The van der Waals surface area contributed by atoms with E-state index in [2.05, 4.69) is 27.4 Å². The van der Waals surface area contributed by atoms with Crippen LogP contribution >= 0.6 is 0 Å². The first-order valence-corrected chi connectivity index (χ1v) is 8.55. The van der Waals surface area contributed by atoms with Gasteiger partial charge in [0.15, 0.2) is 0 Å². The lowest BCUT2D eigenvalue weighted by atomic mass is 10.1. The molecule has 0 atom stereocenters. The smallest absolute Gasteiger partial charge is 0.130 e. The fourth-order valence-electron chi connectivity index (χ4n) is 2.75. The Morgan fingerprint density at radius 3 is 2.38 bits per heavy atom. The summed E-state index contributed by atoms with van der Waals surface area (Å²) in [5.74, 6) is 3.24. The highest BCUT2D eigenvalue weighted by molar-refractivity contribution is 5.64. The molecule has 1 N–H and O–H groups in total. The van der Waals surface area contributed by atoms with Crippen LogP contribution in [0.1, 0.15) is 11.4 Å². The third kappa shape index (κ3) is 4.51. The van der Waals surface area contributed by atoms with Gasteiger partial charge in [-0.3, -0.25) is 0 Å². The first kappa shape index (κ1) is 17.7. The molecule has 0 radical (unpaired) electrons. The SMILES string of the molecule is COc1cccc(CCNc2cc(-c3cccc(OC)c3)nc(C)n2)c1. The summed E-state index contributed by atoms with van der Waals surface area (Å²) in [5, 5.41) is 3.39. The van der Waals surface area contributed by atoms with Crippen molar-refractivity contribution in [2.75, 3.05) is 26.1 Å². The van der Waals surface area contributed by atoms with E-state index in [4.69, 9.17) is 9.47 Å². The highest BCUT2D eigenvalue weighted by atomic mass is 16.5. The Morgan fingerprint density at radius 2 is 1.62 bits per heavy atom. The Kier molecular flexibility index (Phi) is 5.69. The number of benzene rings is 2. The number of aromatic nitrogens is 2. The maximum Gasteiger partial charge on any atom is 0.130 e. The molecule has 0 aliphatic rings. The van der Waals surface area contributed by atoms with Gasteiger partial charge in [0.1, 0.15) is 23.1 Å². The zero-order valence-corrected chi connectivity index (χ0v) is 15.3. The predicted molar refractivity (Wildman–Crippen MR) is 104 cm³/mol. The van der Waals surface area contributed by atoms with Crippen LogP contribution < -0.4 is 14.8 Å². The fourth-order valence-corrected chi connectivity index (χ4v) is 2.75. The van der Waals surface area contributed by atoms with E-state index < -0.39 is 0 Å². The van der Waals surface area contributed by atoms with Crippen LogP contribution in [0.15, 0.2) is 54.6 Å². The summed E-state index contributed by atoms with van der Waals surface area (Å²) in [6, 6.07) is 17.9. The molecular formula is C21H23N3O2. The van der Waals surface area contributed by atoms with Crippen molar-refractivity contribution in [1.82, 2.24) is 9.97 Å². The van der Waals surface area contributed by atoms with Crippen molar-refractivity contribution in [2.45, 2.75) is 13.3 Å². The quantitative estimate of drug-likeness (QED) is 0.695. The number of rotatable bonds is 7. The first-order chi connectivity index (χ1) is 12.7. The van der Waals surface area contributed by atoms with Gasteiger partial charge in [-0.1, -0.05) is 24.3 Å². The Labute approximate surface area is 154 Å². The minimum Gasteiger partial charge on any atom is -0.497 e. The van der Waals surface area contributed by atoms with Crippen molar-refractivity contribution in [3.63, 3.8) is 0 Å². The molecule has 0 aliphatic carbocycles. The molecule has 0 saturated heterocycles. The number of methoxy groups -OCH3 is 2. The molecule has 0 bridgehead atoms. The van der Waals surface area contributed by atoms with Gasteiger partial charge in [-0.25, -0.2) is 9.97 Å². The number of aryl methyl sites for hydroxylation is 1.